The van der Waals surface area contributed by atoms with Crippen LogP contribution in [0.15, 0.2) is 41.2 Å². The molecule has 0 saturated heterocycles. The lowest BCUT2D eigenvalue weighted by Gasteiger charge is -2.11. The maximum atomic E-state index is 13.4. The molecule has 1 amide bonds. The molecule has 0 radical (unpaired) electrons. The molecule has 1 aromatic carbocycles. The summed E-state index contributed by atoms with van der Waals surface area (Å²) < 4.78 is 51.5. The molecule has 5 rings (SSSR count). The Labute approximate surface area is 185 Å². The number of aromatic nitrogens is 4. The van der Waals surface area contributed by atoms with Crippen molar-refractivity contribution in [3.05, 3.63) is 59.4 Å². The second-order valence-corrected chi connectivity index (χ2v) is 7.77. The fraction of sp³-hybridized carbons (Fsp3) is 0.273. The Hall–Kier alpha value is -3.89. The number of carbonyl (C=O) groups excluding carboxylic acids is 1. The average molecular weight is 457 g/mol. The van der Waals surface area contributed by atoms with E-state index in [1.165, 1.54) is 23.8 Å². The molecule has 0 unspecified atom stereocenters. The lowest BCUT2D eigenvalue weighted by atomic mass is 10.1. The van der Waals surface area contributed by atoms with Gasteiger partial charge in [0.25, 0.3) is 12.3 Å². The van der Waals surface area contributed by atoms with Crippen LogP contribution in [0.2, 0.25) is 0 Å². The van der Waals surface area contributed by atoms with Gasteiger partial charge < -0.3 is 14.6 Å². The van der Waals surface area contributed by atoms with Gasteiger partial charge in [-0.2, -0.15) is 4.98 Å². The molecule has 1 aliphatic carbocycles. The predicted molar refractivity (Wildman–Crippen MR) is 111 cm³/mol. The number of ether oxygens (including phenoxy) is 1. The van der Waals surface area contributed by atoms with Gasteiger partial charge in [0.15, 0.2) is 0 Å². The van der Waals surface area contributed by atoms with Gasteiger partial charge in [0.05, 0.1) is 24.8 Å². The Balaban J connectivity index is 1.44. The number of imidazole rings is 1. The summed E-state index contributed by atoms with van der Waals surface area (Å²) >= 11 is 0. The zero-order valence-corrected chi connectivity index (χ0v) is 17.6. The third kappa shape index (κ3) is 3.79. The van der Waals surface area contributed by atoms with E-state index >= 15 is 0 Å². The topological polar surface area (TPSA) is 94.5 Å². The van der Waals surface area contributed by atoms with Crippen LogP contribution >= 0.6 is 0 Å². The van der Waals surface area contributed by atoms with E-state index in [1.807, 2.05) is 0 Å². The number of alkyl halides is 3. The second-order valence-electron chi connectivity index (χ2n) is 7.77. The van der Waals surface area contributed by atoms with E-state index < -0.39 is 18.5 Å². The Morgan fingerprint density at radius 2 is 2.12 bits per heavy atom. The van der Waals surface area contributed by atoms with Crippen molar-refractivity contribution in [1.29, 1.82) is 0 Å². The van der Waals surface area contributed by atoms with Crippen LogP contribution in [0.3, 0.4) is 0 Å². The van der Waals surface area contributed by atoms with Crippen molar-refractivity contribution < 1.29 is 27.2 Å². The van der Waals surface area contributed by atoms with E-state index in [1.54, 1.807) is 25.1 Å². The molecule has 8 nitrogen and oxygen atoms in total. The third-order valence-corrected chi connectivity index (χ3v) is 5.54. The van der Waals surface area contributed by atoms with Gasteiger partial charge in [-0.1, -0.05) is 17.3 Å². The van der Waals surface area contributed by atoms with Crippen LogP contribution in [0.1, 0.15) is 46.3 Å². The van der Waals surface area contributed by atoms with Gasteiger partial charge in [-0.3, -0.25) is 9.20 Å². The molecule has 33 heavy (non-hydrogen) atoms. The molecule has 4 aromatic rings. The zero-order chi connectivity index (χ0) is 23.3. The van der Waals surface area contributed by atoms with Crippen LogP contribution in [-0.2, 0) is 0 Å². The smallest absolute Gasteiger partial charge is 0.274 e. The number of hydrogen-bond acceptors (Lipinski definition) is 6. The number of amides is 1. The van der Waals surface area contributed by atoms with Gasteiger partial charge in [0.2, 0.25) is 11.7 Å². The van der Waals surface area contributed by atoms with Crippen LogP contribution in [0.5, 0.6) is 5.75 Å². The van der Waals surface area contributed by atoms with Crippen molar-refractivity contribution in [1.82, 2.24) is 19.5 Å². The summed E-state index contributed by atoms with van der Waals surface area (Å²) in [5, 5.41) is 6.68. The second kappa shape index (κ2) is 7.91. The first-order chi connectivity index (χ1) is 15.9. The minimum absolute atomic E-state index is 0.0108. The van der Waals surface area contributed by atoms with Crippen LogP contribution < -0.4 is 10.1 Å². The van der Waals surface area contributed by atoms with E-state index in [4.69, 9.17) is 9.26 Å². The van der Waals surface area contributed by atoms with Gasteiger partial charge in [-0.15, -0.1) is 0 Å². The normalized spacial score (nSPS) is 17.5. The van der Waals surface area contributed by atoms with Crippen LogP contribution in [0, 0.1) is 6.92 Å². The fourth-order valence-corrected chi connectivity index (χ4v) is 3.53. The minimum atomic E-state index is -2.79. The van der Waals surface area contributed by atoms with Crippen LogP contribution in [0.4, 0.5) is 18.9 Å². The predicted octanol–water partition coefficient (Wildman–Crippen LogP) is 4.72. The molecule has 1 saturated carbocycles. The summed E-state index contributed by atoms with van der Waals surface area (Å²) in [7, 11) is 1.29. The molecule has 1 fully saturated rings. The maximum Gasteiger partial charge on any atom is 0.274 e. The molecule has 0 spiro atoms. The Bertz CT molecular complexity index is 1370. The number of aryl methyl sites for hydroxylation is 1. The summed E-state index contributed by atoms with van der Waals surface area (Å²) in [5.74, 6) is -0.381. The van der Waals surface area contributed by atoms with Gasteiger partial charge in [-0.25, -0.2) is 18.2 Å². The maximum absolute atomic E-state index is 13.4. The number of carbonyl (C=O) groups is 1. The third-order valence-electron chi connectivity index (χ3n) is 5.54. The first-order valence-corrected chi connectivity index (χ1v) is 10.1. The molecule has 3 heterocycles. The number of hydrogen-bond donors (Lipinski definition) is 1. The molecule has 1 N–H and O–H groups in total. The van der Waals surface area contributed by atoms with Crippen LogP contribution in [-0.4, -0.2) is 38.7 Å². The highest BCUT2D eigenvalue weighted by atomic mass is 19.3. The van der Waals surface area contributed by atoms with Gasteiger partial charge >= 0.3 is 0 Å². The number of halogens is 3. The van der Waals surface area contributed by atoms with Crippen molar-refractivity contribution in [2.24, 2.45) is 0 Å². The lowest BCUT2D eigenvalue weighted by molar-refractivity contribution is 0.102. The van der Waals surface area contributed by atoms with Gasteiger partial charge in [0.1, 0.15) is 23.3 Å². The number of benzene rings is 1. The highest BCUT2D eigenvalue weighted by molar-refractivity contribution is 6.04. The summed E-state index contributed by atoms with van der Waals surface area (Å²) in [4.78, 5) is 21.4. The molecule has 11 heteroatoms. The molecule has 2 atom stereocenters. The molecular formula is C22H18F3N5O3. The minimum Gasteiger partial charge on any atom is -0.496 e. The summed E-state index contributed by atoms with van der Waals surface area (Å²) in [6.45, 7) is 1.80. The largest absolute Gasteiger partial charge is 0.496 e. The van der Waals surface area contributed by atoms with Crippen molar-refractivity contribution in [2.75, 3.05) is 12.4 Å². The Kier molecular flexibility index (Phi) is 5.03. The van der Waals surface area contributed by atoms with Crippen molar-refractivity contribution in [3.63, 3.8) is 0 Å². The number of fused-ring (bicyclic) bond motifs is 1. The van der Waals surface area contributed by atoms with E-state index in [9.17, 15) is 18.0 Å². The Morgan fingerprint density at radius 1 is 1.33 bits per heavy atom. The fourth-order valence-electron chi connectivity index (χ4n) is 3.53. The summed E-state index contributed by atoms with van der Waals surface area (Å²) in [6, 6.07) is 6.54. The zero-order valence-electron chi connectivity index (χ0n) is 17.6. The first-order valence-electron chi connectivity index (χ1n) is 10.1. The monoisotopic (exact) mass is 457 g/mol. The Morgan fingerprint density at radius 3 is 2.82 bits per heavy atom. The number of rotatable bonds is 6. The molecule has 1 aliphatic rings. The van der Waals surface area contributed by atoms with Crippen molar-refractivity contribution in [3.8, 4) is 17.1 Å². The molecule has 0 bridgehead atoms. The summed E-state index contributed by atoms with van der Waals surface area (Å²) in [5.41, 5.74) is 1.81. The molecule has 3 aromatic heterocycles. The quantitative estimate of drug-likeness (QED) is 0.450. The SMILES string of the molecule is COc1cc2ncc(C(=O)Nc3cc(-c4noc([C@H]5C[C@@H]5F)n4)ccc3C)n2cc1C(F)F. The number of anilines is 1. The summed E-state index contributed by atoms with van der Waals surface area (Å²) in [6.07, 6.45) is -0.935. The van der Waals surface area contributed by atoms with Gasteiger partial charge in [0, 0.05) is 23.5 Å². The van der Waals surface area contributed by atoms with Crippen molar-refractivity contribution in [2.45, 2.75) is 31.9 Å². The van der Waals surface area contributed by atoms with E-state index in [0.29, 0.717) is 17.7 Å². The number of nitrogens with zero attached hydrogens (tertiary/aromatic N) is 4. The highest BCUT2D eigenvalue weighted by Crippen LogP contribution is 2.43. The van der Waals surface area contributed by atoms with Crippen LogP contribution in [0.25, 0.3) is 17.0 Å². The number of pyridine rings is 1. The number of methoxy groups -OCH3 is 1. The van der Waals surface area contributed by atoms with E-state index in [-0.39, 0.29) is 40.3 Å². The average Bonchev–Trinajstić information content (AvgIpc) is 3.17. The lowest BCUT2D eigenvalue weighted by Crippen LogP contribution is -2.15. The molecular weight excluding hydrogens is 439 g/mol. The van der Waals surface area contributed by atoms with E-state index in [0.717, 1.165) is 11.8 Å². The van der Waals surface area contributed by atoms with E-state index in [2.05, 4.69) is 20.4 Å². The molecule has 170 valence electrons. The molecule has 0 aliphatic heterocycles. The highest BCUT2D eigenvalue weighted by Gasteiger charge is 2.43. The first kappa shape index (κ1) is 21.0. The standard InChI is InChI=1S/C22H18F3N5O3/c1-10-3-4-11(20-28-22(33-29-20)12-6-14(12)23)5-15(10)27-21(31)16-8-26-18-7-17(32-2)13(19(24)25)9-30(16)18/h3-5,7-9,12,14,19H,6H2,1-2H3,(H,27,31)/t12-,14-/m0/s1. The van der Waals surface area contributed by atoms with Crippen molar-refractivity contribution >= 4 is 17.2 Å². The van der Waals surface area contributed by atoms with Gasteiger partial charge in [-0.05, 0) is 25.0 Å². The number of nitrogens with one attached hydrogen (secondary N) is 1.